The molecule has 0 spiro atoms. The van der Waals surface area contributed by atoms with Crippen molar-refractivity contribution < 1.29 is 4.74 Å². The van der Waals surface area contributed by atoms with Crippen molar-refractivity contribution in [2.24, 2.45) is 0 Å². The van der Waals surface area contributed by atoms with Crippen LogP contribution in [0.25, 0.3) is 0 Å². The first-order chi connectivity index (χ1) is 9.67. The van der Waals surface area contributed by atoms with E-state index in [1.54, 1.807) is 11.3 Å². The zero-order valence-corrected chi connectivity index (χ0v) is 12.5. The molecule has 0 saturated carbocycles. The van der Waals surface area contributed by atoms with Crippen LogP contribution >= 0.6 is 11.3 Å². The van der Waals surface area contributed by atoms with Crippen LogP contribution in [0.3, 0.4) is 0 Å². The fraction of sp³-hybridized carbons (Fsp3) is 0.333. The maximum Gasteiger partial charge on any atom is 0.140 e. The average molecular weight is 287 g/mol. The first kappa shape index (κ1) is 14.5. The van der Waals surface area contributed by atoms with E-state index in [-0.39, 0.29) is 0 Å². The van der Waals surface area contributed by atoms with Gasteiger partial charge in [-0.1, -0.05) is 17.7 Å². The smallest absolute Gasteiger partial charge is 0.140 e. The molecule has 0 aliphatic carbocycles. The zero-order valence-electron chi connectivity index (χ0n) is 11.7. The third-order valence-electron chi connectivity index (χ3n) is 2.76. The van der Waals surface area contributed by atoms with Gasteiger partial charge in [-0.25, -0.2) is 4.98 Å². The molecule has 0 bridgehead atoms. The molecule has 0 atom stereocenters. The Labute approximate surface area is 123 Å². The SMILES string of the molecule is Cc1ccc(OCc2nc(CN(C)CC#N)cs2)cc1. The van der Waals surface area contributed by atoms with Crippen molar-refractivity contribution >= 4 is 11.3 Å². The quantitative estimate of drug-likeness (QED) is 0.766. The van der Waals surface area contributed by atoms with E-state index >= 15 is 0 Å². The number of aromatic nitrogens is 1. The summed E-state index contributed by atoms with van der Waals surface area (Å²) in [5.74, 6) is 0.856. The van der Waals surface area contributed by atoms with Gasteiger partial charge < -0.3 is 4.74 Å². The molecule has 1 aromatic heterocycles. The van der Waals surface area contributed by atoms with Gasteiger partial charge in [0.1, 0.15) is 17.4 Å². The number of hydrogen-bond acceptors (Lipinski definition) is 5. The summed E-state index contributed by atoms with van der Waals surface area (Å²) < 4.78 is 5.69. The van der Waals surface area contributed by atoms with Crippen molar-refractivity contribution in [1.29, 1.82) is 5.26 Å². The molecule has 0 amide bonds. The monoisotopic (exact) mass is 287 g/mol. The van der Waals surface area contributed by atoms with E-state index in [0.29, 0.717) is 19.7 Å². The second kappa shape index (κ2) is 7.04. The summed E-state index contributed by atoms with van der Waals surface area (Å²) in [5, 5.41) is 11.6. The Balaban J connectivity index is 1.86. The molecule has 20 heavy (non-hydrogen) atoms. The fourth-order valence-corrected chi connectivity index (χ4v) is 2.42. The van der Waals surface area contributed by atoms with Crippen molar-refractivity contribution in [1.82, 2.24) is 9.88 Å². The van der Waals surface area contributed by atoms with Gasteiger partial charge in [0.2, 0.25) is 0 Å². The van der Waals surface area contributed by atoms with E-state index in [1.807, 2.05) is 41.6 Å². The van der Waals surface area contributed by atoms with Crippen LogP contribution in [0.1, 0.15) is 16.3 Å². The molecule has 1 heterocycles. The number of thiazole rings is 1. The van der Waals surface area contributed by atoms with E-state index in [4.69, 9.17) is 10.00 Å². The lowest BCUT2D eigenvalue weighted by Gasteiger charge is -2.09. The molecule has 0 N–H and O–H groups in total. The Morgan fingerprint density at radius 2 is 2.10 bits per heavy atom. The summed E-state index contributed by atoms with van der Waals surface area (Å²) in [6.07, 6.45) is 0. The van der Waals surface area contributed by atoms with E-state index in [9.17, 15) is 0 Å². The highest BCUT2D eigenvalue weighted by Crippen LogP contribution is 2.16. The molecule has 0 unspecified atom stereocenters. The summed E-state index contributed by atoms with van der Waals surface area (Å²) in [5.41, 5.74) is 2.20. The van der Waals surface area contributed by atoms with Gasteiger partial charge in [0.15, 0.2) is 0 Å². The standard InChI is InChI=1S/C15H17N3OS/c1-12-3-5-14(6-4-12)19-10-15-17-13(11-20-15)9-18(2)8-7-16/h3-6,11H,8-10H2,1-2H3. The lowest BCUT2D eigenvalue weighted by atomic mass is 10.2. The van der Waals surface area contributed by atoms with Crippen LogP contribution < -0.4 is 4.74 Å². The van der Waals surface area contributed by atoms with Crippen LogP contribution in [0.4, 0.5) is 0 Å². The number of benzene rings is 1. The van der Waals surface area contributed by atoms with E-state index in [0.717, 1.165) is 16.5 Å². The number of hydrogen-bond donors (Lipinski definition) is 0. The maximum atomic E-state index is 8.62. The summed E-state index contributed by atoms with van der Waals surface area (Å²) in [4.78, 5) is 6.44. The van der Waals surface area contributed by atoms with Crippen molar-refractivity contribution in [3.05, 3.63) is 45.9 Å². The fourth-order valence-electron chi connectivity index (χ4n) is 1.72. The molecule has 0 radical (unpaired) electrons. The number of nitrogens with zero attached hydrogens (tertiary/aromatic N) is 3. The minimum atomic E-state index is 0.409. The lowest BCUT2D eigenvalue weighted by molar-refractivity contribution is 0.304. The molecular formula is C15H17N3OS. The van der Waals surface area contributed by atoms with E-state index < -0.39 is 0 Å². The minimum absolute atomic E-state index is 0.409. The Morgan fingerprint density at radius 3 is 2.80 bits per heavy atom. The van der Waals surface area contributed by atoms with Crippen LogP contribution in [0.2, 0.25) is 0 Å². The van der Waals surface area contributed by atoms with Gasteiger partial charge in [-0.2, -0.15) is 5.26 Å². The zero-order chi connectivity index (χ0) is 14.4. The van der Waals surface area contributed by atoms with Gasteiger partial charge in [0.25, 0.3) is 0 Å². The predicted octanol–water partition coefficient (Wildman–Crippen LogP) is 2.99. The van der Waals surface area contributed by atoms with Gasteiger partial charge in [-0.05, 0) is 26.1 Å². The molecule has 5 heteroatoms. The Morgan fingerprint density at radius 1 is 1.35 bits per heavy atom. The minimum Gasteiger partial charge on any atom is -0.486 e. The molecule has 0 saturated heterocycles. The highest BCUT2D eigenvalue weighted by Gasteiger charge is 2.06. The van der Waals surface area contributed by atoms with Crippen molar-refractivity contribution in [3.8, 4) is 11.8 Å². The molecule has 2 rings (SSSR count). The molecule has 1 aromatic carbocycles. The summed E-state index contributed by atoms with van der Waals surface area (Å²) in [6.45, 7) is 3.63. The largest absolute Gasteiger partial charge is 0.486 e. The Bertz CT molecular complexity index is 586. The van der Waals surface area contributed by atoms with Gasteiger partial charge in [0, 0.05) is 11.9 Å². The van der Waals surface area contributed by atoms with Crippen LogP contribution in [-0.2, 0) is 13.2 Å². The number of ether oxygens (including phenoxy) is 1. The van der Waals surface area contributed by atoms with E-state index in [1.165, 1.54) is 5.56 Å². The molecule has 104 valence electrons. The van der Waals surface area contributed by atoms with Crippen molar-refractivity contribution in [3.63, 3.8) is 0 Å². The van der Waals surface area contributed by atoms with Crippen molar-refractivity contribution in [2.45, 2.75) is 20.1 Å². The molecule has 0 aliphatic rings. The highest BCUT2D eigenvalue weighted by atomic mass is 32.1. The number of nitriles is 1. The Hall–Kier alpha value is -1.90. The normalized spacial score (nSPS) is 10.5. The van der Waals surface area contributed by atoms with Crippen LogP contribution in [0, 0.1) is 18.3 Å². The molecule has 0 aliphatic heterocycles. The molecule has 2 aromatic rings. The predicted molar refractivity (Wildman–Crippen MR) is 79.6 cm³/mol. The van der Waals surface area contributed by atoms with Crippen LogP contribution in [0.15, 0.2) is 29.6 Å². The lowest BCUT2D eigenvalue weighted by Crippen LogP contribution is -2.18. The van der Waals surface area contributed by atoms with Gasteiger partial charge >= 0.3 is 0 Å². The first-order valence-corrected chi connectivity index (χ1v) is 7.23. The van der Waals surface area contributed by atoms with Gasteiger partial charge in [0.05, 0.1) is 18.3 Å². The topological polar surface area (TPSA) is 49.1 Å². The van der Waals surface area contributed by atoms with Gasteiger partial charge in [-0.3, -0.25) is 4.90 Å². The maximum absolute atomic E-state index is 8.62. The van der Waals surface area contributed by atoms with Crippen LogP contribution in [0.5, 0.6) is 5.75 Å². The van der Waals surface area contributed by atoms with E-state index in [2.05, 4.69) is 18.0 Å². The van der Waals surface area contributed by atoms with Crippen molar-refractivity contribution in [2.75, 3.05) is 13.6 Å². The summed E-state index contributed by atoms with van der Waals surface area (Å²) >= 11 is 1.59. The van der Waals surface area contributed by atoms with Crippen LogP contribution in [-0.4, -0.2) is 23.5 Å². The number of aryl methyl sites for hydroxylation is 1. The third-order valence-corrected chi connectivity index (χ3v) is 3.63. The highest BCUT2D eigenvalue weighted by molar-refractivity contribution is 7.09. The second-order valence-corrected chi connectivity index (χ2v) is 5.61. The molecule has 4 nitrogen and oxygen atoms in total. The summed E-state index contributed by atoms with van der Waals surface area (Å²) in [6, 6.07) is 10.1. The average Bonchev–Trinajstić information content (AvgIpc) is 2.86. The summed E-state index contributed by atoms with van der Waals surface area (Å²) in [7, 11) is 1.91. The Kier molecular flexibility index (Phi) is 5.10. The second-order valence-electron chi connectivity index (χ2n) is 4.66. The van der Waals surface area contributed by atoms with Gasteiger partial charge in [-0.15, -0.1) is 11.3 Å². The first-order valence-electron chi connectivity index (χ1n) is 6.35. The third kappa shape index (κ3) is 4.34. The molecular weight excluding hydrogens is 270 g/mol. The number of rotatable bonds is 6. The molecule has 0 fully saturated rings.